The van der Waals surface area contributed by atoms with E-state index in [0.717, 1.165) is 6.08 Å². The second-order valence-electron chi connectivity index (χ2n) is 2.20. The van der Waals surface area contributed by atoms with Gasteiger partial charge in [-0.15, -0.1) is 0 Å². The van der Waals surface area contributed by atoms with Crippen LogP contribution in [-0.2, 0) is 9.53 Å². The summed E-state index contributed by atoms with van der Waals surface area (Å²) in [7, 11) is 3.67. The van der Waals surface area contributed by atoms with Gasteiger partial charge in [-0.1, -0.05) is 22.5 Å². The summed E-state index contributed by atoms with van der Waals surface area (Å²) in [6.45, 7) is 5.07. The molecule has 0 N–H and O–H groups in total. The zero-order chi connectivity index (χ0) is 10.1. The molecule has 0 heterocycles. The van der Waals surface area contributed by atoms with E-state index in [1.807, 2.05) is 19.9 Å². The molecule has 0 aliphatic rings. The summed E-state index contributed by atoms with van der Waals surface area (Å²) in [5, 5.41) is 0. The van der Waals surface area contributed by atoms with E-state index in [0.29, 0.717) is 0 Å². The molecule has 1 atom stereocenters. The molecule has 0 bridgehead atoms. The Kier molecular flexibility index (Phi) is 10.3. The van der Waals surface area contributed by atoms with Gasteiger partial charge in [-0.05, 0) is 26.9 Å². The lowest BCUT2D eigenvalue weighted by atomic mass is 10.6. The molecule has 0 aromatic heterocycles. The summed E-state index contributed by atoms with van der Waals surface area (Å²) in [5.41, 5.74) is 0. The third-order valence-corrected chi connectivity index (χ3v) is 1.18. The normalized spacial score (nSPS) is 11.2. The molecule has 0 spiro atoms. The number of hydrogen-bond acceptors (Lipinski definition) is 3. The lowest BCUT2D eigenvalue weighted by Crippen LogP contribution is -2.29. The number of esters is 1. The zero-order valence-electron chi connectivity index (χ0n) is 8.00. The Balaban J connectivity index is 0. The highest BCUT2D eigenvalue weighted by atomic mass is 79.9. The van der Waals surface area contributed by atoms with Crippen LogP contribution < -0.4 is 0 Å². The number of ether oxygens (including phenoxy) is 1. The first-order valence-electron chi connectivity index (χ1n) is 3.45. The molecule has 0 radical (unpaired) electrons. The van der Waals surface area contributed by atoms with Crippen molar-refractivity contribution in [3.8, 4) is 0 Å². The lowest BCUT2D eigenvalue weighted by Gasteiger charge is -2.18. The van der Waals surface area contributed by atoms with E-state index >= 15 is 0 Å². The Hall–Kier alpha value is -0.350. The van der Waals surface area contributed by atoms with Gasteiger partial charge < -0.3 is 4.74 Å². The first-order chi connectivity index (χ1) is 5.57. The Bertz CT molecular complexity index is 137. The maximum Gasteiger partial charge on any atom is 0.331 e. The van der Waals surface area contributed by atoms with Crippen LogP contribution in [0.2, 0.25) is 0 Å². The van der Waals surface area contributed by atoms with Crippen LogP contribution in [-0.4, -0.2) is 37.0 Å². The molecule has 0 rings (SSSR count). The van der Waals surface area contributed by atoms with E-state index in [2.05, 4.69) is 22.5 Å². The van der Waals surface area contributed by atoms with Crippen molar-refractivity contribution in [2.75, 3.05) is 19.9 Å². The predicted octanol–water partition coefficient (Wildman–Crippen LogP) is 1.63. The van der Waals surface area contributed by atoms with Crippen LogP contribution in [0.25, 0.3) is 0 Å². The molecule has 0 aliphatic heterocycles. The van der Waals surface area contributed by atoms with Gasteiger partial charge in [-0.3, -0.25) is 4.90 Å². The average Bonchev–Trinajstić information content (AvgIpc) is 2.07. The second kappa shape index (κ2) is 8.74. The van der Waals surface area contributed by atoms with Crippen molar-refractivity contribution in [3.63, 3.8) is 0 Å². The highest BCUT2D eigenvalue weighted by Gasteiger charge is 2.06. The maximum atomic E-state index is 10.6. The molecular formula is C8H16BrNO2. The van der Waals surface area contributed by atoms with E-state index in [9.17, 15) is 4.79 Å². The van der Waals surface area contributed by atoms with Gasteiger partial charge in [0.15, 0.2) is 6.23 Å². The quantitative estimate of drug-likeness (QED) is 0.324. The van der Waals surface area contributed by atoms with Crippen LogP contribution in [0.4, 0.5) is 0 Å². The molecule has 0 amide bonds. The number of alkyl halides is 1. The summed E-state index contributed by atoms with van der Waals surface area (Å²) in [4.78, 5) is 12.4. The third-order valence-electron chi connectivity index (χ3n) is 1.18. The SMILES string of the molecule is C=CC(=O)OC(C)N(C)C.CBr. The van der Waals surface area contributed by atoms with Gasteiger partial charge in [0.2, 0.25) is 0 Å². The minimum Gasteiger partial charge on any atom is -0.444 e. The lowest BCUT2D eigenvalue weighted by molar-refractivity contribution is -0.149. The van der Waals surface area contributed by atoms with Gasteiger partial charge in [0, 0.05) is 6.08 Å². The van der Waals surface area contributed by atoms with Crippen molar-refractivity contribution >= 4 is 21.9 Å². The summed E-state index contributed by atoms with van der Waals surface area (Å²) in [6, 6.07) is 0. The molecule has 12 heavy (non-hydrogen) atoms. The van der Waals surface area contributed by atoms with Crippen LogP contribution in [0.5, 0.6) is 0 Å². The van der Waals surface area contributed by atoms with Gasteiger partial charge in [0.05, 0.1) is 0 Å². The van der Waals surface area contributed by atoms with Gasteiger partial charge in [-0.2, -0.15) is 0 Å². The first kappa shape index (κ1) is 14.2. The Labute approximate surface area is 82.5 Å². The van der Waals surface area contributed by atoms with Crippen LogP contribution in [0.3, 0.4) is 0 Å². The molecule has 4 heteroatoms. The standard InChI is InChI=1S/C7H13NO2.CH3Br/c1-5-7(9)10-6(2)8(3)4;1-2/h5-6H,1H2,2-4H3;1H3. The van der Waals surface area contributed by atoms with Crippen molar-refractivity contribution in [3.05, 3.63) is 12.7 Å². The number of rotatable bonds is 3. The molecule has 1 unspecified atom stereocenters. The van der Waals surface area contributed by atoms with Gasteiger partial charge >= 0.3 is 5.97 Å². The molecule has 0 saturated heterocycles. The van der Waals surface area contributed by atoms with Crippen molar-refractivity contribution < 1.29 is 9.53 Å². The highest BCUT2D eigenvalue weighted by molar-refractivity contribution is 9.08. The van der Waals surface area contributed by atoms with Gasteiger partial charge in [-0.25, -0.2) is 4.79 Å². The number of halogens is 1. The zero-order valence-corrected chi connectivity index (χ0v) is 9.59. The van der Waals surface area contributed by atoms with Gasteiger partial charge in [0.25, 0.3) is 0 Å². The Morgan fingerprint density at radius 2 is 2.00 bits per heavy atom. The predicted molar refractivity (Wildman–Crippen MR) is 54.3 cm³/mol. The first-order valence-corrected chi connectivity index (χ1v) is 5.03. The molecule has 0 saturated carbocycles. The number of carbonyl (C=O) groups excluding carboxylic acids is 1. The van der Waals surface area contributed by atoms with Gasteiger partial charge in [0.1, 0.15) is 0 Å². The molecule has 3 nitrogen and oxygen atoms in total. The van der Waals surface area contributed by atoms with Crippen LogP contribution >= 0.6 is 15.9 Å². The number of carbonyl (C=O) groups is 1. The van der Waals surface area contributed by atoms with E-state index in [4.69, 9.17) is 4.74 Å². The highest BCUT2D eigenvalue weighted by Crippen LogP contribution is 1.94. The summed E-state index contributed by atoms with van der Waals surface area (Å²) < 4.78 is 4.83. The summed E-state index contributed by atoms with van der Waals surface area (Å²) >= 11 is 2.94. The average molecular weight is 238 g/mol. The van der Waals surface area contributed by atoms with Crippen molar-refractivity contribution in [2.45, 2.75) is 13.2 Å². The number of hydrogen-bond donors (Lipinski definition) is 0. The van der Waals surface area contributed by atoms with E-state index in [1.165, 1.54) is 0 Å². The maximum absolute atomic E-state index is 10.6. The fourth-order valence-electron chi connectivity index (χ4n) is 0.322. The van der Waals surface area contributed by atoms with Crippen LogP contribution in [0.1, 0.15) is 6.92 Å². The second-order valence-corrected chi connectivity index (χ2v) is 2.20. The van der Waals surface area contributed by atoms with Crippen LogP contribution in [0, 0.1) is 0 Å². The van der Waals surface area contributed by atoms with E-state index < -0.39 is 0 Å². The molecular weight excluding hydrogens is 222 g/mol. The largest absolute Gasteiger partial charge is 0.444 e. The Morgan fingerprint density at radius 1 is 1.58 bits per heavy atom. The Morgan fingerprint density at radius 3 is 2.25 bits per heavy atom. The van der Waals surface area contributed by atoms with Crippen molar-refractivity contribution in [2.24, 2.45) is 0 Å². The smallest absolute Gasteiger partial charge is 0.331 e. The monoisotopic (exact) mass is 237 g/mol. The molecule has 0 fully saturated rings. The van der Waals surface area contributed by atoms with Crippen molar-refractivity contribution in [1.82, 2.24) is 4.90 Å². The minimum atomic E-state index is -0.388. The molecule has 72 valence electrons. The fourth-order valence-corrected chi connectivity index (χ4v) is 0.322. The fraction of sp³-hybridized carbons (Fsp3) is 0.625. The van der Waals surface area contributed by atoms with Crippen LogP contribution in [0.15, 0.2) is 12.7 Å². The molecule has 0 aliphatic carbocycles. The minimum absolute atomic E-state index is 0.189. The molecule has 0 aromatic carbocycles. The van der Waals surface area contributed by atoms with E-state index in [-0.39, 0.29) is 12.2 Å². The molecule has 0 aromatic rings. The van der Waals surface area contributed by atoms with E-state index in [1.54, 1.807) is 11.8 Å². The summed E-state index contributed by atoms with van der Waals surface area (Å²) in [6.07, 6.45) is 0.963. The van der Waals surface area contributed by atoms with Crippen molar-refractivity contribution in [1.29, 1.82) is 0 Å². The summed E-state index contributed by atoms with van der Waals surface area (Å²) in [5.74, 6) is 1.42. The third kappa shape index (κ3) is 7.75. The topological polar surface area (TPSA) is 29.5 Å². The number of nitrogens with zero attached hydrogens (tertiary/aromatic N) is 1.